The van der Waals surface area contributed by atoms with Gasteiger partial charge in [0.15, 0.2) is 0 Å². The van der Waals surface area contributed by atoms with E-state index in [1.165, 1.54) is 0 Å². The van der Waals surface area contributed by atoms with Crippen molar-refractivity contribution in [2.75, 3.05) is 5.88 Å². The molecule has 0 saturated heterocycles. The molecule has 0 amide bonds. The lowest BCUT2D eigenvalue weighted by Crippen LogP contribution is -1.83. The first-order valence-corrected chi connectivity index (χ1v) is 3.03. The van der Waals surface area contributed by atoms with Crippen molar-refractivity contribution in [2.45, 2.75) is 6.04 Å². The van der Waals surface area contributed by atoms with Crippen LogP contribution in [0, 0.1) is 0 Å². The molecular weight excluding hydrogens is 104 g/mol. The van der Waals surface area contributed by atoms with Crippen molar-refractivity contribution in [3.8, 4) is 0 Å². The van der Waals surface area contributed by atoms with Gasteiger partial charge in [0.2, 0.25) is 9.76 Å². The molecule has 3 heteroatoms. The van der Waals surface area contributed by atoms with Crippen LogP contribution in [0.25, 0.3) is 0 Å². The van der Waals surface area contributed by atoms with Gasteiger partial charge in [-0.15, -0.1) is 11.6 Å². The lowest BCUT2D eigenvalue weighted by molar-refractivity contribution is 0.603. The highest BCUT2D eigenvalue weighted by Crippen LogP contribution is 1.77. The molecule has 0 atom stereocenters. The SMILES string of the molecule is O[Si]CCCl. The van der Waals surface area contributed by atoms with Crippen LogP contribution in [0.2, 0.25) is 6.04 Å². The minimum absolute atomic E-state index is 0.0258. The summed E-state index contributed by atoms with van der Waals surface area (Å²) in [5.41, 5.74) is 0. The van der Waals surface area contributed by atoms with Gasteiger partial charge in [-0.05, 0) is 6.04 Å². The number of hydrogen-bond acceptors (Lipinski definition) is 1. The molecule has 0 saturated carbocycles. The molecule has 2 radical (unpaired) electrons. The highest BCUT2D eigenvalue weighted by Gasteiger charge is 1.75. The van der Waals surface area contributed by atoms with E-state index in [0.717, 1.165) is 6.04 Å². The maximum atomic E-state index is 8.01. The Labute approximate surface area is 38.9 Å². The second-order valence-corrected chi connectivity index (χ2v) is 1.79. The fraction of sp³-hybridized carbons (Fsp3) is 1.00. The molecular formula is C2H5ClOSi. The quantitative estimate of drug-likeness (QED) is 0.397. The molecule has 0 aromatic heterocycles. The van der Waals surface area contributed by atoms with Crippen LogP contribution in [0.4, 0.5) is 0 Å². The second-order valence-electron chi connectivity index (χ2n) is 0.597. The third-order valence-corrected chi connectivity index (χ3v) is 1.19. The zero-order chi connectivity index (χ0) is 4.12. The molecule has 0 aliphatic carbocycles. The first-order chi connectivity index (χ1) is 2.41. The third-order valence-electron chi connectivity index (χ3n) is 0.206. The predicted molar refractivity (Wildman–Crippen MR) is 23.5 cm³/mol. The van der Waals surface area contributed by atoms with E-state index in [9.17, 15) is 0 Å². The number of hydrogen-bond donors (Lipinski definition) is 1. The molecule has 1 N–H and O–H groups in total. The van der Waals surface area contributed by atoms with Gasteiger partial charge in [0.1, 0.15) is 0 Å². The Bertz CT molecular complexity index is 17.1. The van der Waals surface area contributed by atoms with Gasteiger partial charge in [-0.1, -0.05) is 0 Å². The average Bonchev–Trinajstić information content (AvgIpc) is 1.41. The standard InChI is InChI=1S/C2H5ClOSi/c3-1-2-5-4/h4H,1-2H2. The molecule has 0 unspecified atom stereocenters. The fourth-order valence-corrected chi connectivity index (χ4v) is 0.380. The zero-order valence-electron chi connectivity index (χ0n) is 2.74. The molecule has 0 aliphatic rings. The molecule has 0 aromatic rings. The average molecular weight is 109 g/mol. The number of halogens is 1. The van der Waals surface area contributed by atoms with Gasteiger partial charge < -0.3 is 4.80 Å². The summed E-state index contributed by atoms with van der Waals surface area (Å²) in [5, 5.41) is 0. The smallest absolute Gasteiger partial charge is 0.225 e. The van der Waals surface area contributed by atoms with Crippen LogP contribution in [-0.4, -0.2) is 20.4 Å². The van der Waals surface area contributed by atoms with Gasteiger partial charge in [0.25, 0.3) is 0 Å². The largest absolute Gasteiger partial charge is 0.432 e. The molecule has 0 bridgehead atoms. The van der Waals surface area contributed by atoms with Crippen molar-refractivity contribution < 1.29 is 4.80 Å². The molecule has 1 nitrogen and oxygen atoms in total. The first-order valence-electron chi connectivity index (χ1n) is 1.34. The molecule has 30 valence electrons. The van der Waals surface area contributed by atoms with E-state index in [0.29, 0.717) is 5.88 Å². The summed E-state index contributed by atoms with van der Waals surface area (Å²) in [4.78, 5) is 8.01. The number of alkyl halides is 1. The van der Waals surface area contributed by atoms with Gasteiger partial charge >= 0.3 is 0 Å². The van der Waals surface area contributed by atoms with E-state index in [4.69, 9.17) is 16.4 Å². The monoisotopic (exact) mass is 108 g/mol. The van der Waals surface area contributed by atoms with E-state index < -0.39 is 0 Å². The zero-order valence-corrected chi connectivity index (χ0v) is 4.50. The molecule has 0 spiro atoms. The van der Waals surface area contributed by atoms with Gasteiger partial charge in [-0.2, -0.15) is 0 Å². The van der Waals surface area contributed by atoms with E-state index in [1.54, 1.807) is 0 Å². The topological polar surface area (TPSA) is 20.2 Å². The normalized spacial score (nSPS) is 8.40. The second kappa shape index (κ2) is 4.47. The maximum absolute atomic E-state index is 8.01. The fourth-order valence-electron chi connectivity index (χ4n) is 0.0423. The van der Waals surface area contributed by atoms with E-state index in [2.05, 4.69) is 0 Å². The Kier molecular flexibility index (Phi) is 4.88. The van der Waals surface area contributed by atoms with Crippen LogP contribution in [0.5, 0.6) is 0 Å². The van der Waals surface area contributed by atoms with Crippen LogP contribution < -0.4 is 0 Å². The highest BCUT2D eigenvalue weighted by atomic mass is 35.5. The Balaban J connectivity index is 2.19. The lowest BCUT2D eigenvalue weighted by Gasteiger charge is -1.74. The Morgan fingerprint density at radius 3 is 2.40 bits per heavy atom. The summed E-state index contributed by atoms with van der Waals surface area (Å²) < 4.78 is 0. The minimum Gasteiger partial charge on any atom is -0.432 e. The minimum atomic E-state index is 0.0258. The maximum Gasteiger partial charge on any atom is 0.225 e. The van der Waals surface area contributed by atoms with Crippen molar-refractivity contribution in [3.63, 3.8) is 0 Å². The van der Waals surface area contributed by atoms with Crippen molar-refractivity contribution in [1.29, 1.82) is 0 Å². The van der Waals surface area contributed by atoms with E-state index in [1.807, 2.05) is 0 Å². The number of rotatable bonds is 2. The molecule has 0 rings (SSSR count). The van der Waals surface area contributed by atoms with E-state index >= 15 is 0 Å². The van der Waals surface area contributed by atoms with Gasteiger partial charge in [0.05, 0.1) is 0 Å². The summed E-state index contributed by atoms with van der Waals surface area (Å²) in [7, 11) is 0.0258. The van der Waals surface area contributed by atoms with Crippen LogP contribution in [0.15, 0.2) is 0 Å². The highest BCUT2D eigenvalue weighted by molar-refractivity contribution is 6.29. The Morgan fingerprint density at radius 1 is 1.80 bits per heavy atom. The summed E-state index contributed by atoms with van der Waals surface area (Å²) in [5.74, 6) is 0.578. The lowest BCUT2D eigenvalue weighted by atomic mass is 11.0. The summed E-state index contributed by atoms with van der Waals surface area (Å²) >= 11 is 5.15. The first kappa shape index (κ1) is 5.47. The van der Waals surface area contributed by atoms with Crippen molar-refractivity contribution >= 4 is 21.4 Å². The molecule has 0 fully saturated rings. The van der Waals surface area contributed by atoms with Crippen LogP contribution >= 0.6 is 11.6 Å². The van der Waals surface area contributed by atoms with Gasteiger partial charge in [-0.3, -0.25) is 0 Å². The van der Waals surface area contributed by atoms with Gasteiger partial charge in [-0.25, -0.2) is 0 Å². The molecule has 5 heavy (non-hydrogen) atoms. The van der Waals surface area contributed by atoms with Gasteiger partial charge in [0, 0.05) is 5.88 Å². The molecule has 0 heterocycles. The molecule has 0 aromatic carbocycles. The van der Waals surface area contributed by atoms with Crippen molar-refractivity contribution in [2.24, 2.45) is 0 Å². The Morgan fingerprint density at radius 2 is 2.40 bits per heavy atom. The summed E-state index contributed by atoms with van der Waals surface area (Å²) in [6.07, 6.45) is 0. The van der Waals surface area contributed by atoms with Crippen LogP contribution in [0.3, 0.4) is 0 Å². The van der Waals surface area contributed by atoms with Crippen LogP contribution in [0.1, 0.15) is 0 Å². The summed E-state index contributed by atoms with van der Waals surface area (Å²) in [6, 6.07) is 0.738. The molecule has 0 aliphatic heterocycles. The predicted octanol–water partition coefficient (Wildman–Crippen LogP) is 0.255. The summed E-state index contributed by atoms with van der Waals surface area (Å²) in [6.45, 7) is 0. The van der Waals surface area contributed by atoms with Crippen molar-refractivity contribution in [3.05, 3.63) is 0 Å². The Hall–Kier alpha value is 0.467. The van der Waals surface area contributed by atoms with Crippen LogP contribution in [-0.2, 0) is 0 Å². The third kappa shape index (κ3) is 4.47. The van der Waals surface area contributed by atoms with Crippen molar-refractivity contribution in [1.82, 2.24) is 0 Å². The van der Waals surface area contributed by atoms with E-state index in [-0.39, 0.29) is 9.76 Å².